The summed E-state index contributed by atoms with van der Waals surface area (Å²) in [6, 6.07) is 18.2. The van der Waals surface area contributed by atoms with Crippen LogP contribution >= 0.6 is 0 Å². The van der Waals surface area contributed by atoms with E-state index in [1.54, 1.807) is 36.7 Å². The summed E-state index contributed by atoms with van der Waals surface area (Å²) in [6.07, 6.45) is 3.39. The van der Waals surface area contributed by atoms with Gasteiger partial charge in [0.1, 0.15) is 5.75 Å². The Morgan fingerprint density at radius 1 is 1.00 bits per heavy atom. The van der Waals surface area contributed by atoms with Crippen LogP contribution in [0.5, 0.6) is 5.75 Å². The molecular weight excluding hydrogens is 406 g/mol. The summed E-state index contributed by atoms with van der Waals surface area (Å²) in [5, 5.41) is 3.74. The first-order valence-corrected chi connectivity index (χ1v) is 9.97. The van der Waals surface area contributed by atoms with Crippen molar-refractivity contribution in [3.05, 3.63) is 84.2 Å². The average molecular weight is 427 g/mol. The number of esters is 1. The second kappa shape index (κ2) is 9.26. The first kappa shape index (κ1) is 21.0. The number of anilines is 1. The molecule has 0 radical (unpaired) electrons. The predicted octanol–water partition coefficient (Wildman–Crippen LogP) is 4.41. The van der Waals surface area contributed by atoms with Crippen LogP contribution in [0, 0.1) is 6.92 Å². The smallest absolute Gasteiger partial charge is 0.343 e. The average Bonchev–Trinajstić information content (AvgIpc) is 2.83. The molecule has 0 aliphatic rings. The lowest BCUT2D eigenvalue weighted by atomic mass is 10.0. The highest BCUT2D eigenvalue weighted by Gasteiger charge is 2.15. The lowest BCUT2D eigenvalue weighted by Gasteiger charge is -2.13. The van der Waals surface area contributed by atoms with E-state index in [-0.39, 0.29) is 12.5 Å². The second-order valence-corrected chi connectivity index (χ2v) is 7.10. The van der Waals surface area contributed by atoms with Crippen LogP contribution in [0.1, 0.15) is 15.9 Å². The summed E-state index contributed by atoms with van der Waals surface area (Å²) >= 11 is 0. The van der Waals surface area contributed by atoms with Crippen molar-refractivity contribution in [2.75, 3.05) is 19.0 Å². The number of nitrogens with one attached hydrogen (secondary N) is 1. The number of fused-ring (bicyclic) bond motifs is 1. The van der Waals surface area contributed by atoms with Crippen molar-refractivity contribution in [1.29, 1.82) is 0 Å². The minimum atomic E-state index is -0.463. The molecule has 0 atom stereocenters. The van der Waals surface area contributed by atoms with Gasteiger partial charge in [0, 0.05) is 29.0 Å². The highest BCUT2D eigenvalue weighted by molar-refractivity contribution is 6.13. The van der Waals surface area contributed by atoms with Crippen molar-refractivity contribution < 1.29 is 19.1 Å². The van der Waals surface area contributed by atoms with E-state index in [2.05, 4.69) is 15.0 Å². The SMILES string of the molecule is COC(=O)COc1ccc(NC(=O)c2cc(-c3ccncc3)nc3ccccc23)c(C)c1. The van der Waals surface area contributed by atoms with E-state index < -0.39 is 5.97 Å². The van der Waals surface area contributed by atoms with Gasteiger partial charge in [-0.15, -0.1) is 0 Å². The molecule has 2 aromatic carbocycles. The number of methoxy groups -OCH3 is 1. The summed E-state index contributed by atoms with van der Waals surface area (Å²) in [7, 11) is 1.30. The zero-order chi connectivity index (χ0) is 22.5. The maximum atomic E-state index is 13.3. The molecular formula is C25H21N3O4. The van der Waals surface area contributed by atoms with Crippen LogP contribution in [0.25, 0.3) is 22.2 Å². The van der Waals surface area contributed by atoms with Gasteiger partial charge in [-0.2, -0.15) is 0 Å². The van der Waals surface area contributed by atoms with Crippen molar-refractivity contribution in [3.63, 3.8) is 0 Å². The number of amides is 1. The first-order valence-electron chi connectivity index (χ1n) is 9.97. The number of aromatic nitrogens is 2. The molecule has 4 rings (SSSR count). The Morgan fingerprint density at radius 2 is 1.78 bits per heavy atom. The molecule has 0 fully saturated rings. The Hall–Kier alpha value is -4.26. The summed E-state index contributed by atoms with van der Waals surface area (Å²) in [6.45, 7) is 1.68. The molecule has 4 aromatic rings. The summed E-state index contributed by atoms with van der Waals surface area (Å²) < 4.78 is 9.98. The molecule has 0 saturated carbocycles. The molecule has 0 spiro atoms. The van der Waals surface area contributed by atoms with Gasteiger partial charge in [0.15, 0.2) is 6.61 Å². The Kier molecular flexibility index (Phi) is 6.07. The minimum Gasteiger partial charge on any atom is -0.482 e. The van der Waals surface area contributed by atoms with Crippen LogP contribution in [-0.2, 0) is 9.53 Å². The number of benzene rings is 2. The van der Waals surface area contributed by atoms with Gasteiger partial charge in [0.25, 0.3) is 5.91 Å². The third-order valence-corrected chi connectivity index (χ3v) is 4.97. The Bertz CT molecular complexity index is 1290. The van der Waals surface area contributed by atoms with Crippen molar-refractivity contribution in [3.8, 4) is 17.0 Å². The number of rotatable bonds is 6. The van der Waals surface area contributed by atoms with Gasteiger partial charge in [-0.05, 0) is 55.0 Å². The molecule has 0 unspecified atom stereocenters. The highest BCUT2D eigenvalue weighted by Crippen LogP contribution is 2.27. The summed E-state index contributed by atoms with van der Waals surface area (Å²) in [5.41, 5.74) is 4.27. The van der Waals surface area contributed by atoms with E-state index in [0.29, 0.717) is 22.7 Å². The van der Waals surface area contributed by atoms with Crippen molar-refractivity contribution in [2.24, 2.45) is 0 Å². The molecule has 0 bridgehead atoms. The lowest BCUT2D eigenvalue weighted by Crippen LogP contribution is -2.15. The largest absolute Gasteiger partial charge is 0.482 e. The number of ether oxygens (including phenoxy) is 2. The standard InChI is InChI=1S/C25H21N3O4/c1-16-13-18(32-15-24(29)31-2)7-8-21(16)28-25(30)20-14-23(17-9-11-26-12-10-17)27-22-6-4-3-5-19(20)22/h3-14H,15H2,1-2H3,(H,28,30). The van der Waals surface area contributed by atoms with E-state index in [9.17, 15) is 9.59 Å². The van der Waals surface area contributed by atoms with Crippen LogP contribution < -0.4 is 10.1 Å². The Morgan fingerprint density at radius 3 is 2.53 bits per heavy atom. The van der Waals surface area contributed by atoms with E-state index >= 15 is 0 Å². The molecule has 7 heteroatoms. The molecule has 160 valence electrons. The Labute approximate surface area is 185 Å². The molecule has 2 aromatic heterocycles. The number of carbonyl (C=O) groups excluding carboxylic acids is 2. The maximum absolute atomic E-state index is 13.3. The van der Waals surface area contributed by atoms with Crippen LogP contribution in [0.4, 0.5) is 5.69 Å². The van der Waals surface area contributed by atoms with Crippen molar-refractivity contribution in [1.82, 2.24) is 9.97 Å². The summed E-state index contributed by atoms with van der Waals surface area (Å²) in [5.74, 6) is -0.194. The highest BCUT2D eigenvalue weighted by atomic mass is 16.6. The zero-order valence-corrected chi connectivity index (χ0v) is 17.7. The van der Waals surface area contributed by atoms with Gasteiger partial charge in [-0.1, -0.05) is 18.2 Å². The van der Waals surface area contributed by atoms with Crippen LogP contribution in [0.2, 0.25) is 0 Å². The fourth-order valence-electron chi connectivity index (χ4n) is 3.29. The van der Waals surface area contributed by atoms with E-state index in [1.807, 2.05) is 43.3 Å². The van der Waals surface area contributed by atoms with E-state index in [4.69, 9.17) is 9.72 Å². The Balaban J connectivity index is 1.63. The molecule has 0 saturated heterocycles. The first-order chi connectivity index (χ1) is 15.5. The van der Waals surface area contributed by atoms with Crippen LogP contribution in [0.15, 0.2) is 73.1 Å². The van der Waals surface area contributed by atoms with Crippen molar-refractivity contribution >= 4 is 28.5 Å². The maximum Gasteiger partial charge on any atom is 0.343 e. The molecule has 0 aliphatic heterocycles. The number of hydrogen-bond donors (Lipinski definition) is 1. The molecule has 7 nitrogen and oxygen atoms in total. The fourth-order valence-corrected chi connectivity index (χ4v) is 3.29. The van der Waals surface area contributed by atoms with Crippen molar-refractivity contribution in [2.45, 2.75) is 6.92 Å². The quantitative estimate of drug-likeness (QED) is 0.459. The topological polar surface area (TPSA) is 90.4 Å². The van der Waals surface area contributed by atoms with Crippen LogP contribution in [-0.4, -0.2) is 35.6 Å². The second-order valence-electron chi connectivity index (χ2n) is 7.10. The number of pyridine rings is 2. The van der Waals surface area contributed by atoms with Gasteiger partial charge >= 0.3 is 5.97 Å². The van der Waals surface area contributed by atoms with E-state index in [0.717, 1.165) is 22.0 Å². The molecule has 0 aliphatic carbocycles. The third-order valence-electron chi connectivity index (χ3n) is 4.97. The molecule has 1 N–H and O–H groups in total. The van der Waals surface area contributed by atoms with Gasteiger partial charge in [0.2, 0.25) is 0 Å². The minimum absolute atomic E-state index is 0.178. The predicted molar refractivity (Wildman–Crippen MR) is 122 cm³/mol. The number of aryl methyl sites for hydroxylation is 1. The van der Waals surface area contributed by atoms with E-state index in [1.165, 1.54) is 7.11 Å². The number of para-hydroxylation sites is 1. The molecule has 1 amide bonds. The third kappa shape index (κ3) is 4.57. The number of hydrogen-bond acceptors (Lipinski definition) is 6. The number of nitrogens with zero attached hydrogens (tertiary/aromatic N) is 2. The zero-order valence-electron chi connectivity index (χ0n) is 17.7. The number of carbonyl (C=O) groups is 2. The van der Waals surface area contributed by atoms with Gasteiger partial charge < -0.3 is 14.8 Å². The molecule has 32 heavy (non-hydrogen) atoms. The normalized spacial score (nSPS) is 10.6. The summed E-state index contributed by atoms with van der Waals surface area (Å²) in [4.78, 5) is 33.3. The van der Waals surface area contributed by atoms with Crippen LogP contribution in [0.3, 0.4) is 0 Å². The lowest BCUT2D eigenvalue weighted by molar-refractivity contribution is -0.142. The molecule has 2 heterocycles. The fraction of sp³-hybridized carbons (Fsp3) is 0.120. The van der Waals surface area contributed by atoms with Gasteiger partial charge in [0.05, 0.1) is 23.9 Å². The van der Waals surface area contributed by atoms with Gasteiger partial charge in [-0.25, -0.2) is 9.78 Å². The monoisotopic (exact) mass is 427 g/mol. The van der Waals surface area contributed by atoms with Gasteiger partial charge in [-0.3, -0.25) is 9.78 Å².